The van der Waals surface area contributed by atoms with Crippen LogP contribution in [0.3, 0.4) is 0 Å². The molecule has 0 atom stereocenters. The van der Waals surface area contributed by atoms with Crippen LogP contribution in [-0.2, 0) is 0 Å². The second-order valence-corrected chi connectivity index (χ2v) is 6.94. The predicted octanol–water partition coefficient (Wildman–Crippen LogP) is 4.55. The van der Waals surface area contributed by atoms with Crippen LogP contribution in [0, 0.1) is 11.3 Å². The van der Waals surface area contributed by atoms with Gasteiger partial charge < -0.3 is 15.5 Å². The fourth-order valence-corrected chi connectivity index (χ4v) is 3.35. The molecule has 4 rings (SSSR count). The fraction of sp³-hybridized carbons (Fsp3) is 0.174. The zero-order valence-corrected chi connectivity index (χ0v) is 15.9. The maximum absolute atomic E-state index is 12.5. The molecule has 1 fully saturated rings. The lowest BCUT2D eigenvalue weighted by atomic mass is 10.2. The molecule has 6 heteroatoms. The van der Waals surface area contributed by atoms with E-state index in [1.165, 1.54) is 18.5 Å². The standard InChI is InChI=1S/C23H21N5O/c24-16-17-3-5-20(6-4-17)27-23(29)18-11-12-25-22(15-18)26-19-7-9-21(10-8-19)28-13-1-2-14-28/h3-12,15H,1-2,13-14H2,(H,25,26)(H,27,29). The summed E-state index contributed by atoms with van der Waals surface area (Å²) in [6.07, 6.45) is 4.11. The van der Waals surface area contributed by atoms with Gasteiger partial charge in [0, 0.05) is 41.9 Å². The minimum Gasteiger partial charge on any atom is -0.372 e. The lowest BCUT2D eigenvalue weighted by Crippen LogP contribution is -2.17. The molecule has 0 aliphatic carbocycles. The Balaban J connectivity index is 1.42. The van der Waals surface area contributed by atoms with E-state index in [0.717, 1.165) is 18.8 Å². The van der Waals surface area contributed by atoms with E-state index in [0.29, 0.717) is 22.6 Å². The summed E-state index contributed by atoms with van der Waals surface area (Å²) in [4.78, 5) is 19.2. The smallest absolute Gasteiger partial charge is 0.255 e. The molecule has 2 aromatic carbocycles. The Morgan fingerprint density at radius 2 is 1.66 bits per heavy atom. The first-order chi connectivity index (χ1) is 14.2. The topological polar surface area (TPSA) is 81.0 Å². The largest absolute Gasteiger partial charge is 0.372 e. The van der Waals surface area contributed by atoms with Crippen molar-refractivity contribution in [3.63, 3.8) is 0 Å². The SMILES string of the molecule is N#Cc1ccc(NC(=O)c2ccnc(Nc3ccc(N4CCCC4)cc3)c2)cc1. The van der Waals surface area contributed by atoms with Gasteiger partial charge in [-0.05, 0) is 73.5 Å². The lowest BCUT2D eigenvalue weighted by Gasteiger charge is -2.18. The van der Waals surface area contributed by atoms with Crippen molar-refractivity contribution >= 4 is 28.8 Å². The Morgan fingerprint density at radius 3 is 2.34 bits per heavy atom. The molecule has 1 saturated heterocycles. The Morgan fingerprint density at radius 1 is 0.966 bits per heavy atom. The zero-order chi connectivity index (χ0) is 20.1. The number of pyridine rings is 1. The molecule has 2 heterocycles. The number of nitriles is 1. The number of carbonyl (C=O) groups excluding carboxylic acids is 1. The van der Waals surface area contributed by atoms with Crippen molar-refractivity contribution in [2.45, 2.75) is 12.8 Å². The van der Waals surface area contributed by atoms with Crippen LogP contribution in [0.1, 0.15) is 28.8 Å². The molecule has 1 aliphatic heterocycles. The average molecular weight is 383 g/mol. The van der Waals surface area contributed by atoms with E-state index in [9.17, 15) is 4.79 Å². The molecule has 1 amide bonds. The summed E-state index contributed by atoms with van der Waals surface area (Å²) < 4.78 is 0. The van der Waals surface area contributed by atoms with Gasteiger partial charge >= 0.3 is 0 Å². The average Bonchev–Trinajstić information content (AvgIpc) is 3.30. The first-order valence-corrected chi connectivity index (χ1v) is 9.61. The zero-order valence-electron chi connectivity index (χ0n) is 15.9. The van der Waals surface area contributed by atoms with E-state index in [1.54, 1.807) is 42.6 Å². The first kappa shape index (κ1) is 18.5. The van der Waals surface area contributed by atoms with Gasteiger partial charge in [-0.1, -0.05) is 0 Å². The molecule has 29 heavy (non-hydrogen) atoms. The summed E-state index contributed by atoms with van der Waals surface area (Å²) in [5, 5.41) is 14.9. The molecule has 0 unspecified atom stereocenters. The maximum Gasteiger partial charge on any atom is 0.255 e. The van der Waals surface area contributed by atoms with E-state index in [-0.39, 0.29) is 5.91 Å². The van der Waals surface area contributed by atoms with Gasteiger partial charge in [-0.2, -0.15) is 5.26 Å². The summed E-state index contributed by atoms with van der Waals surface area (Å²) in [7, 11) is 0. The fourth-order valence-electron chi connectivity index (χ4n) is 3.35. The molecule has 0 spiro atoms. The van der Waals surface area contributed by atoms with Crippen molar-refractivity contribution in [3.05, 3.63) is 78.0 Å². The van der Waals surface area contributed by atoms with Gasteiger partial charge in [-0.3, -0.25) is 4.79 Å². The number of carbonyl (C=O) groups is 1. The van der Waals surface area contributed by atoms with Gasteiger partial charge in [0.15, 0.2) is 0 Å². The maximum atomic E-state index is 12.5. The Labute approximate surface area is 169 Å². The van der Waals surface area contributed by atoms with Gasteiger partial charge in [0.1, 0.15) is 5.82 Å². The van der Waals surface area contributed by atoms with E-state index in [1.807, 2.05) is 12.1 Å². The van der Waals surface area contributed by atoms with Crippen LogP contribution in [0.5, 0.6) is 0 Å². The molecule has 0 bridgehead atoms. The molecule has 1 aliphatic rings. The third kappa shape index (κ3) is 4.53. The first-order valence-electron chi connectivity index (χ1n) is 9.61. The van der Waals surface area contributed by atoms with Gasteiger partial charge in [0.2, 0.25) is 0 Å². The number of rotatable bonds is 5. The van der Waals surface area contributed by atoms with Crippen molar-refractivity contribution in [3.8, 4) is 6.07 Å². The summed E-state index contributed by atoms with van der Waals surface area (Å²) in [6.45, 7) is 2.23. The van der Waals surface area contributed by atoms with E-state index in [2.05, 4.69) is 38.7 Å². The highest BCUT2D eigenvalue weighted by atomic mass is 16.1. The number of aromatic nitrogens is 1. The number of amides is 1. The Hall–Kier alpha value is -3.85. The van der Waals surface area contributed by atoms with Gasteiger partial charge in [-0.25, -0.2) is 4.98 Å². The van der Waals surface area contributed by atoms with E-state index >= 15 is 0 Å². The van der Waals surface area contributed by atoms with Crippen molar-refractivity contribution < 1.29 is 4.79 Å². The van der Waals surface area contributed by atoms with E-state index in [4.69, 9.17) is 5.26 Å². The predicted molar refractivity (Wildman–Crippen MR) is 115 cm³/mol. The molecular weight excluding hydrogens is 362 g/mol. The van der Waals surface area contributed by atoms with Crippen LogP contribution in [0.25, 0.3) is 0 Å². The van der Waals surface area contributed by atoms with Crippen molar-refractivity contribution in [1.29, 1.82) is 5.26 Å². The molecule has 1 aromatic heterocycles. The Kier molecular flexibility index (Phi) is 5.39. The number of hydrogen-bond donors (Lipinski definition) is 2. The molecule has 2 N–H and O–H groups in total. The second-order valence-electron chi connectivity index (χ2n) is 6.94. The number of anilines is 4. The van der Waals surface area contributed by atoms with Crippen molar-refractivity contribution in [2.75, 3.05) is 28.6 Å². The van der Waals surface area contributed by atoms with Crippen LogP contribution < -0.4 is 15.5 Å². The quantitative estimate of drug-likeness (QED) is 0.676. The molecule has 3 aromatic rings. The molecular formula is C23H21N5O. The van der Waals surface area contributed by atoms with Crippen molar-refractivity contribution in [2.24, 2.45) is 0 Å². The Bertz CT molecular complexity index is 1030. The molecule has 144 valence electrons. The highest BCUT2D eigenvalue weighted by Gasteiger charge is 2.12. The van der Waals surface area contributed by atoms with Gasteiger partial charge in [0.05, 0.1) is 11.6 Å². The highest BCUT2D eigenvalue weighted by Crippen LogP contribution is 2.23. The third-order valence-electron chi connectivity index (χ3n) is 4.90. The van der Waals surface area contributed by atoms with Crippen LogP contribution in [0.2, 0.25) is 0 Å². The lowest BCUT2D eigenvalue weighted by molar-refractivity contribution is 0.102. The van der Waals surface area contributed by atoms with Crippen molar-refractivity contribution in [1.82, 2.24) is 4.98 Å². The minimum atomic E-state index is -0.232. The second kappa shape index (κ2) is 8.44. The summed E-state index contributed by atoms with van der Waals surface area (Å²) >= 11 is 0. The molecule has 0 saturated carbocycles. The van der Waals surface area contributed by atoms with Crippen LogP contribution >= 0.6 is 0 Å². The normalized spacial score (nSPS) is 13.0. The van der Waals surface area contributed by atoms with Gasteiger partial charge in [0.25, 0.3) is 5.91 Å². The number of nitrogens with zero attached hydrogens (tertiary/aromatic N) is 3. The third-order valence-corrected chi connectivity index (χ3v) is 4.90. The van der Waals surface area contributed by atoms with Crippen LogP contribution in [-0.4, -0.2) is 24.0 Å². The van der Waals surface area contributed by atoms with Gasteiger partial charge in [-0.15, -0.1) is 0 Å². The monoisotopic (exact) mass is 383 g/mol. The van der Waals surface area contributed by atoms with Crippen LogP contribution in [0.15, 0.2) is 66.9 Å². The number of benzene rings is 2. The molecule has 6 nitrogen and oxygen atoms in total. The number of hydrogen-bond acceptors (Lipinski definition) is 5. The van der Waals surface area contributed by atoms with Crippen LogP contribution in [0.4, 0.5) is 22.9 Å². The molecule has 0 radical (unpaired) electrons. The summed E-state index contributed by atoms with van der Waals surface area (Å²) in [6, 6.07) is 20.5. The summed E-state index contributed by atoms with van der Waals surface area (Å²) in [5.41, 5.74) is 3.84. The number of nitrogens with one attached hydrogen (secondary N) is 2. The van der Waals surface area contributed by atoms with E-state index < -0.39 is 0 Å². The minimum absolute atomic E-state index is 0.232. The summed E-state index contributed by atoms with van der Waals surface area (Å²) in [5.74, 6) is 0.371. The highest BCUT2D eigenvalue weighted by molar-refractivity contribution is 6.04.